The minimum Gasteiger partial charge on any atom is -0.398 e. The largest absolute Gasteiger partial charge is 0.519 e. The van der Waals surface area contributed by atoms with Gasteiger partial charge >= 0.3 is 7.12 Å². The van der Waals surface area contributed by atoms with Crippen LogP contribution in [0.25, 0.3) is 0 Å². The SMILES string of the molecule is CCn1nc(Cl)c(B2OC(C)(C)C(C)(C)O2)n1. The summed E-state index contributed by atoms with van der Waals surface area (Å²) in [5, 5.41) is 8.68. The number of aromatic nitrogens is 3. The lowest BCUT2D eigenvalue weighted by Gasteiger charge is -2.32. The van der Waals surface area contributed by atoms with Gasteiger partial charge in [-0.05, 0) is 34.6 Å². The van der Waals surface area contributed by atoms with E-state index in [0.717, 1.165) is 0 Å². The fourth-order valence-electron chi connectivity index (χ4n) is 1.58. The van der Waals surface area contributed by atoms with E-state index in [9.17, 15) is 0 Å². The van der Waals surface area contributed by atoms with Gasteiger partial charge in [-0.15, -0.1) is 5.10 Å². The highest BCUT2D eigenvalue weighted by molar-refractivity contribution is 6.64. The topological polar surface area (TPSA) is 49.2 Å². The van der Waals surface area contributed by atoms with Crippen LogP contribution in [0.1, 0.15) is 34.6 Å². The van der Waals surface area contributed by atoms with Crippen LogP contribution in [0.5, 0.6) is 0 Å². The summed E-state index contributed by atoms with van der Waals surface area (Å²) in [5.74, 6) is 0. The molecule has 0 spiro atoms. The zero-order valence-electron chi connectivity index (χ0n) is 10.8. The second-order valence-corrected chi connectivity index (χ2v) is 5.51. The van der Waals surface area contributed by atoms with Crippen molar-refractivity contribution < 1.29 is 9.31 Å². The third-order valence-corrected chi connectivity index (χ3v) is 3.67. The van der Waals surface area contributed by atoms with Crippen LogP contribution in [0.2, 0.25) is 5.15 Å². The van der Waals surface area contributed by atoms with Crippen molar-refractivity contribution >= 4 is 24.3 Å². The first-order valence-corrected chi connectivity index (χ1v) is 6.11. The Balaban J connectivity index is 2.28. The molecule has 1 fully saturated rings. The Hall–Kier alpha value is -0.585. The first kappa shape index (κ1) is 12.9. The molecule has 2 heterocycles. The van der Waals surface area contributed by atoms with Gasteiger partial charge in [-0.3, -0.25) is 0 Å². The van der Waals surface area contributed by atoms with Gasteiger partial charge in [0.25, 0.3) is 0 Å². The molecule has 1 aliphatic heterocycles. The maximum atomic E-state index is 6.04. The average Bonchev–Trinajstić information content (AvgIpc) is 2.66. The average molecular weight is 258 g/mol. The van der Waals surface area contributed by atoms with E-state index in [1.807, 2.05) is 34.6 Å². The lowest BCUT2D eigenvalue weighted by molar-refractivity contribution is 0.00578. The maximum absolute atomic E-state index is 6.04. The van der Waals surface area contributed by atoms with Crippen molar-refractivity contribution in [1.82, 2.24) is 15.0 Å². The van der Waals surface area contributed by atoms with E-state index in [2.05, 4.69) is 10.2 Å². The normalized spacial score (nSPS) is 22.1. The number of aryl methyl sites for hydroxylation is 1. The fraction of sp³-hybridized carbons (Fsp3) is 0.800. The summed E-state index contributed by atoms with van der Waals surface area (Å²) in [7, 11) is -0.548. The number of rotatable bonds is 2. The molecule has 1 aliphatic rings. The van der Waals surface area contributed by atoms with E-state index < -0.39 is 18.3 Å². The van der Waals surface area contributed by atoms with E-state index in [1.165, 1.54) is 4.80 Å². The molecular weight excluding hydrogens is 240 g/mol. The molecule has 0 atom stereocenters. The minimum absolute atomic E-state index is 0.338. The first-order chi connectivity index (χ1) is 7.77. The molecule has 0 amide bonds. The van der Waals surface area contributed by atoms with E-state index in [1.54, 1.807) is 0 Å². The molecule has 2 rings (SSSR count). The van der Waals surface area contributed by atoms with E-state index in [4.69, 9.17) is 20.9 Å². The fourth-order valence-corrected chi connectivity index (χ4v) is 1.80. The third-order valence-electron chi connectivity index (χ3n) is 3.40. The molecule has 7 heteroatoms. The van der Waals surface area contributed by atoms with Gasteiger partial charge in [-0.2, -0.15) is 9.90 Å². The second-order valence-electron chi connectivity index (χ2n) is 5.15. The maximum Gasteiger partial charge on any atom is 0.519 e. The highest BCUT2D eigenvalue weighted by Crippen LogP contribution is 2.36. The number of nitrogens with zero attached hydrogens (tertiary/aromatic N) is 3. The van der Waals surface area contributed by atoms with Gasteiger partial charge < -0.3 is 9.31 Å². The van der Waals surface area contributed by atoms with Crippen LogP contribution in [0, 0.1) is 0 Å². The van der Waals surface area contributed by atoms with Crippen LogP contribution in [0.4, 0.5) is 0 Å². The van der Waals surface area contributed by atoms with Crippen LogP contribution in [-0.2, 0) is 15.9 Å². The molecule has 1 saturated heterocycles. The summed E-state index contributed by atoms with van der Waals surface area (Å²) in [6.07, 6.45) is 0. The van der Waals surface area contributed by atoms with Gasteiger partial charge in [0.2, 0.25) is 0 Å². The Labute approximate surface area is 107 Å². The molecular formula is C10H17BClN3O2. The number of hydrogen-bond donors (Lipinski definition) is 0. The molecule has 17 heavy (non-hydrogen) atoms. The van der Waals surface area contributed by atoms with Crippen molar-refractivity contribution in [3.05, 3.63) is 5.15 Å². The Kier molecular flexibility index (Phi) is 3.00. The monoisotopic (exact) mass is 257 g/mol. The summed E-state index contributed by atoms with van der Waals surface area (Å²) in [5.41, 5.74) is -0.235. The predicted octanol–water partition coefficient (Wildman–Crippen LogP) is 1.25. The van der Waals surface area contributed by atoms with Gasteiger partial charge in [-0.1, -0.05) is 11.6 Å². The highest BCUT2D eigenvalue weighted by Gasteiger charge is 2.53. The zero-order chi connectivity index (χ0) is 12.8. The van der Waals surface area contributed by atoms with Crippen LogP contribution in [-0.4, -0.2) is 33.3 Å². The molecule has 0 N–H and O–H groups in total. The summed E-state index contributed by atoms with van der Waals surface area (Å²) in [6, 6.07) is 0. The Morgan fingerprint density at radius 1 is 1.18 bits per heavy atom. The molecule has 0 radical (unpaired) electrons. The molecule has 1 aromatic rings. The molecule has 0 saturated carbocycles. The molecule has 1 aromatic heterocycles. The van der Waals surface area contributed by atoms with Crippen molar-refractivity contribution in [1.29, 1.82) is 0 Å². The second kappa shape index (κ2) is 3.97. The first-order valence-electron chi connectivity index (χ1n) is 5.73. The molecule has 0 aliphatic carbocycles. The van der Waals surface area contributed by atoms with Gasteiger partial charge in [0.05, 0.1) is 17.7 Å². The van der Waals surface area contributed by atoms with Crippen molar-refractivity contribution in [2.45, 2.75) is 52.4 Å². The Bertz CT molecular complexity index is 417. The smallest absolute Gasteiger partial charge is 0.398 e. The summed E-state index contributed by atoms with van der Waals surface area (Å²) in [4.78, 5) is 1.53. The van der Waals surface area contributed by atoms with Gasteiger partial charge in [0, 0.05) is 0 Å². The highest BCUT2D eigenvalue weighted by atomic mass is 35.5. The van der Waals surface area contributed by atoms with Crippen molar-refractivity contribution in [2.24, 2.45) is 0 Å². The van der Waals surface area contributed by atoms with Crippen LogP contribution >= 0.6 is 11.6 Å². The van der Waals surface area contributed by atoms with E-state index in [0.29, 0.717) is 17.3 Å². The lowest BCUT2D eigenvalue weighted by Crippen LogP contribution is -2.41. The summed E-state index contributed by atoms with van der Waals surface area (Å²) in [6.45, 7) is 10.6. The summed E-state index contributed by atoms with van der Waals surface area (Å²) >= 11 is 6.04. The number of hydrogen-bond acceptors (Lipinski definition) is 4. The summed E-state index contributed by atoms with van der Waals surface area (Å²) < 4.78 is 11.7. The molecule has 5 nitrogen and oxygen atoms in total. The van der Waals surface area contributed by atoms with E-state index >= 15 is 0 Å². The molecule has 0 aromatic carbocycles. The van der Waals surface area contributed by atoms with Crippen molar-refractivity contribution in [2.75, 3.05) is 0 Å². The zero-order valence-corrected chi connectivity index (χ0v) is 11.6. The van der Waals surface area contributed by atoms with Crippen LogP contribution < -0.4 is 5.59 Å². The van der Waals surface area contributed by atoms with Gasteiger partial charge in [0.1, 0.15) is 5.59 Å². The predicted molar refractivity (Wildman–Crippen MR) is 66.4 cm³/mol. The van der Waals surface area contributed by atoms with Crippen molar-refractivity contribution in [3.8, 4) is 0 Å². The standard InChI is InChI=1S/C10H17BClN3O2/c1-6-15-13-7(8(12)14-15)11-16-9(2,3)10(4,5)17-11/h6H2,1-5H3. The van der Waals surface area contributed by atoms with Crippen molar-refractivity contribution in [3.63, 3.8) is 0 Å². The number of halogens is 1. The van der Waals surface area contributed by atoms with Gasteiger partial charge in [-0.25, -0.2) is 0 Å². The molecule has 94 valence electrons. The minimum atomic E-state index is -0.548. The van der Waals surface area contributed by atoms with Gasteiger partial charge in [0.15, 0.2) is 5.15 Å². The Morgan fingerprint density at radius 3 is 2.12 bits per heavy atom. The van der Waals surface area contributed by atoms with E-state index in [-0.39, 0.29) is 0 Å². The van der Waals surface area contributed by atoms with Crippen LogP contribution in [0.3, 0.4) is 0 Å². The molecule has 0 bridgehead atoms. The molecule has 0 unspecified atom stereocenters. The Morgan fingerprint density at radius 2 is 1.71 bits per heavy atom. The quantitative estimate of drug-likeness (QED) is 0.748. The third kappa shape index (κ3) is 2.09. The lowest BCUT2D eigenvalue weighted by atomic mass is 9.86. The van der Waals surface area contributed by atoms with Crippen LogP contribution in [0.15, 0.2) is 0 Å².